The van der Waals surface area contributed by atoms with E-state index < -0.39 is 23.2 Å². The normalized spacial score (nSPS) is 14.4. The van der Waals surface area contributed by atoms with Crippen molar-refractivity contribution >= 4 is 16.8 Å². The fourth-order valence-corrected chi connectivity index (χ4v) is 3.03. The van der Waals surface area contributed by atoms with Gasteiger partial charge in [-0.15, -0.1) is 0 Å². The third kappa shape index (κ3) is 3.12. The number of nitrogens with zero attached hydrogens (tertiary/aromatic N) is 1. The molecule has 0 saturated heterocycles. The first kappa shape index (κ1) is 17.1. The number of hydrogen-bond acceptors (Lipinski definition) is 1. The molecule has 1 heterocycles. The van der Waals surface area contributed by atoms with E-state index in [2.05, 4.69) is 0 Å². The Labute approximate surface area is 142 Å². The summed E-state index contributed by atoms with van der Waals surface area (Å²) in [5.74, 6) is -0.547. The predicted molar refractivity (Wildman–Crippen MR) is 89.9 cm³/mol. The molecule has 3 rings (SSSR count). The second-order valence-electron chi connectivity index (χ2n) is 6.26. The average Bonchev–Trinajstić information content (AvgIpc) is 2.98. The summed E-state index contributed by atoms with van der Waals surface area (Å²) in [5, 5.41) is 0.412. The third-order valence-corrected chi connectivity index (χ3v) is 4.47. The number of amides is 1. The lowest BCUT2D eigenvalue weighted by molar-refractivity contribution is -0.137. The summed E-state index contributed by atoms with van der Waals surface area (Å²) in [5.41, 5.74) is 5.29. The Hall–Kier alpha value is -2.76. The number of carbonyl (C=O) groups is 1. The van der Waals surface area contributed by atoms with Crippen LogP contribution in [0.3, 0.4) is 0 Å². The number of benzene rings is 2. The Morgan fingerprint density at radius 1 is 1.08 bits per heavy atom. The second-order valence-corrected chi connectivity index (χ2v) is 6.26. The van der Waals surface area contributed by atoms with Gasteiger partial charge >= 0.3 is 6.18 Å². The first-order valence-electron chi connectivity index (χ1n) is 7.74. The van der Waals surface area contributed by atoms with Gasteiger partial charge in [-0.3, -0.25) is 4.79 Å². The molecule has 0 bridgehead atoms. The summed E-state index contributed by atoms with van der Waals surface area (Å²) < 4.78 is 40.3. The van der Waals surface area contributed by atoms with Crippen molar-refractivity contribution in [3.8, 4) is 0 Å². The Morgan fingerprint density at radius 2 is 1.76 bits per heavy atom. The van der Waals surface area contributed by atoms with E-state index in [0.29, 0.717) is 17.3 Å². The number of primary amides is 1. The van der Waals surface area contributed by atoms with Gasteiger partial charge in [0.05, 0.1) is 5.56 Å². The van der Waals surface area contributed by atoms with Crippen LogP contribution in [0.15, 0.2) is 60.8 Å². The minimum Gasteiger partial charge on any atom is -0.368 e. The molecule has 6 heteroatoms. The highest BCUT2D eigenvalue weighted by Crippen LogP contribution is 2.34. The molecule has 3 nitrogen and oxygen atoms in total. The number of halogens is 3. The molecule has 0 aliphatic rings. The topological polar surface area (TPSA) is 48.0 Å². The summed E-state index contributed by atoms with van der Waals surface area (Å²) in [6, 6.07) is 14.4. The molecule has 3 aromatic rings. The number of alkyl halides is 3. The first-order valence-corrected chi connectivity index (χ1v) is 7.74. The maximum absolute atomic E-state index is 12.9. The van der Waals surface area contributed by atoms with E-state index in [1.807, 2.05) is 30.3 Å². The molecule has 0 radical (unpaired) electrons. The van der Waals surface area contributed by atoms with Crippen molar-refractivity contribution in [1.82, 2.24) is 4.57 Å². The van der Waals surface area contributed by atoms with Crippen molar-refractivity contribution in [2.45, 2.75) is 25.1 Å². The van der Waals surface area contributed by atoms with Crippen molar-refractivity contribution < 1.29 is 18.0 Å². The lowest BCUT2D eigenvalue weighted by Gasteiger charge is -2.29. The molecule has 1 atom stereocenters. The largest absolute Gasteiger partial charge is 0.416 e. The van der Waals surface area contributed by atoms with Gasteiger partial charge in [-0.2, -0.15) is 13.2 Å². The fraction of sp³-hybridized carbons (Fsp3) is 0.211. The van der Waals surface area contributed by atoms with Crippen molar-refractivity contribution in [2.75, 3.05) is 0 Å². The zero-order valence-electron chi connectivity index (χ0n) is 13.5. The molecular formula is C19H17F3N2O. The summed E-state index contributed by atoms with van der Waals surface area (Å²) in [4.78, 5) is 12.2. The highest BCUT2D eigenvalue weighted by Gasteiger charge is 2.35. The predicted octanol–water partition coefficient (Wildman–Crippen LogP) is 4.10. The second kappa shape index (κ2) is 5.95. The van der Waals surface area contributed by atoms with E-state index in [1.165, 1.54) is 6.07 Å². The quantitative estimate of drug-likeness (QED) is 0.759. The van der Waals surface area contributed by atoms with Crippen LogP contribution in [0.5, 0.6) is 0 Å². The van der Waals surface area contributed by atoms with Gasteiger partial charge in [0.2, 0.25) is 5.91 Å². The monoisotopic (exact) mass is 346 g/mol. The van der Waals surface area contributed by atoms with Crippen LogP contribution in [-0.2, 0) is 22.9 Å². The Kier molecular flexibility index (Phi) is 4.06. The van der Waals surface area contributed by atoms with Crippen LogP contribution >= 0.6 is 0 Å². The smallest absolute Gasteiger partial charge is 0.368 e. The van der Waals surface area contributed by atoms with Gasteiger partial charge < -0.3 is 10.3 Å². The standard InChI is InChI=1S/C19H17F3N2O/c1-18(17(23)25,12-13-5-3-2-4-6-13)24-10-9-14-11-15(19(20,21)22)7-8-16(14)24/h2-11H,12H2,1H3,(H2,23,25). The molecule has 0 saturated carbocycles. The molecule has 0 spiro atoms. The molecule has 2 aromatic carbocycles. The minimum atomic E-state index is -4.41. The van der Waals surface area contributed by atoms with Crippen LogP contribution in [0.4, 0.5) is 13.2 Å². The first-order chi connectivity index (χ1) is 11.7. The maximum atomic E-state index is 12.9. The van der Waals surface area contributed by atoms with Crippen LogP contribution < -0.4 is 5.73 Å². The van der Waals surface area contributed by atoms with E-state index >= 15 is 0 Å². The molecule has 0 aliphatic heterocycles. The summed E-state index contributed by atoms with van der Waals surface area (Å²) >= 11 is 0. The van der Waals surface area contributed by atoms with Crippen LogP contribution in [0.2, 0.25) is 0 Å². The van der Waals surface area contributed by atoms with Crippen molar-refractivity contribution in [1.29, 1.82) is 0 Å². The van der Waals surface area contributed by atoms with E-state index in [0.717, 1.165) is 17.7 Å². The van der Waals surface area contributed by atoms with E-state index in [1.54, 1.807) is 23.8 Å². The zero-order chi connectivity index (χ0) is 18.2. The molecule has 1 unspecified atom stereocenters. The average molecular weight is 346 g/mol. The number of hydrogen-bond donors (Lipinski definition) is 1. The molecule has 1 amide bonds. The van der Waals surface area contributed by atoms with Crippen molar-refractivity contribution in [2.24, 2.45) is 5.73 Å². The van der Waals surface area contributed by atoms with E-state index in [-0.39, 0.29) is 0 Å². The van der Waals surface area contributed by atoms with E-state index in [4.69, 9.17) is 5.73 Å². The van der Waals surface area contributed by atoms with Gasteiger partial charge in [-0.1, -0.05) is 30.3 Å². The molecule has 130 valence electrons. The Bertz CT molecular complexity index is 915. The molecular weight excluding hydrogens is 329 g/mol. The van der Waals surface area contributed by atoms with Gasteiger partial charge in [-0.25, -0.2) is 0 Å². The highest BCUT2D eigenvalue weighted by atomic mass is 19.4. The lowest BCUT2D eigenvalue weighted by atomic mass is 9.91. The van der Waals surface area contributed by atoms with E-state index in [9.17, 15) is 18.0 Å². The van der Waals surface area contributed by atoms with Gasteiger partial charge in [0.25, 0.3) is 0 Å². The van der Waals surface area contributed by atoms with Crippen LogP contribution in [0.25, 0.3) is 10.9 Å². The van der Waals surface area contributed by atoms with Gasteiger partial charge in [0.1, 0.15) is 5.54 Å². The third-order valence-electron chi connectivity index (χ3n) is 4.47. The maximum Gasteiger partial charge on any atom is 0.416 e. The fourth-order valence-electron chi connectivity index (χ4n) is 3.03. The van der Waals surface area contributed by atoms with Crippen LogP contribution in [-0.4, -0.2) is 10.5 Å². The number of carbonyl (C=O) groups excluding carboxylic acids is 1. The molecule has 0 fully saturated rings. The number of nitrogens with two attached hydrogens (primary N) is 1. The summed E-state index contributed by atoms with van der Waals surface area (Å²) in [6.07, 6.45) is -2.46. The highest BCUT2D eigenvalue weighted by molar-refractivity contribution is 5.88. The minimum absolute atomic E-state index is 0.341. The zero-order valence-corrected chi connectivity index (χ0v) is 13.5. The van der Waals surface area contributed by atoms with Gasteiger partial charge in [-0.05, 0) is 36.8 Å². The molecule has 1 aromatic heterocycles. The van der Waals surface area contributed by atoms with Crippen molar-refractivity contribution in [3.63, 3.8) is 0 Å². The SMILES string of the molecule is CC(Cc1ccccc1)(C(N)=O)n1ccc2cc(C(F)(F)F)ccc21. The Morgan fingerprint density at radius 3 is 2.36 bits per heavy atom. The Balaban J connectivity index is 2.10. The van der Waals surface area contributed by atoms with Crippen molar-refractivity contribution in [3.05, 3.63) is 71.9 Å². The number of aromatic nitrogens is 1. The summed E-state index contributed by atoms with van der Waals surface area (Å²) in [6.45, 7) is 1.69. The van der Waals surface area contributed by atoms with Gasteiger partial charge in [0.15, 0.2) is 0 Å². The van der Waals surface area contributed by atoms with Crippen LogP contribution in [0.1, 0.15) is 18.1 Å². The van der Waals surface area contributed by atoms with Crippen LogP contribution in [0, 0.1) is 0 Å². The van der Waals surface area contributed by atoms with Gasteiger partial charge in [0, 0.05) is 23.5 Å². The molecule has 0 aliphatic carbocycles. The number of fused-ring (bicyclic) bond motifs is 1. The lowest BCUT2D eigenvalue weighted by Crippen LogP contribution is -2.45. The molecule has 2 N–H and O–H groups in total. The molecule has 25 heavy (non-hydrogen) atoms. The number of rotatable bonds is 4. The summed E-state index contributed by atoms with van der Waals surface area (Å²) in [7, 11) is 0.